The number of carbonyl (C=O) groups excluding carboxylic acids is 2. The number of hydrogen-bond acceptors (Lipinski definition) is 5. The van der Waals surface area contributed by atoms with Gasteiger partial charge in [-0.15, -0.1) is 0 Å². The van der Waals surface area contributed by atoms with Gasteiger partial charge in [-0.1, -0.05) is 0 Å². The van der Waals surface area contributed by atoms with Gasteiger partial charge >= 0.3 is 5.97 Å². The zero-order valence-electron chi connectivity index (χ0n) is 13.2. The molecule has 1 rings (SSSR count). The Balaban J connectivity index is 2.60. The van der Waals surface area contributed by atoms with Crippen molar-refractivity contribution in [2.45, 2.75) is 20.3 Å². The van der Waals surface area contributed by atoms with Crippen LogP contribution in [0.3, 0.4) is 0 Å². The topological polar surface area (TPSA) is 91.5 Å². The summed E-state index contributed by atoms with van der Waals surface area (Å²) < 4.78 is 18.3. The molecule has 0 atom stereocenters. The minimum Gasteiger partial charge on any atom is -0.465 e. The fraction of sp³-hybridized carbons (Fsp3) is 0.375. The number of carbonyl (C=O) groups is 2. The van der Waals surface area contributed by atoms with E-state index in [4.69, 9.17) is 5.26 Å². The third-order valence-electron chi connectivity index (χ3n) is 2.93. The number of ether oxygens (including phenoxy) is 1. The number of nitrogens with zero attached hydrogens (tertiary/aromatic N) is 2. The van der Waals surface area contributed by atoms with E-state index in [2.05, 4.69) is 21.1 Å². The van der Waals surface area contributed by atoms with Crippen molar-refractivity contribution < 1.29 is 18.7 Å². The maximum atomic E-state index is 13.8. The predicted octanol–water partition coefficient (Wildman–Crippen LogP) is 2.56. The molecule has 7 heteroatoms. The molecular formula is C16H18FN3O3. The number of hydrogen-bond donors (Lipinski definition) is 1. The van der Waals surface area contributed by atoms with Crippen LogP contribution in [-0.4, -0.2) is 31.7 Å². The maximum absolute atomic E-state index is 13.8. The highest BCUT2D eigenvalue weighted by molar-refractivity contribution is 5.94. The molecule has 122 valence electrons. The molecule has 6 nitrogen and oxygen atoms in total. The smallest absolute Gasteiger partial charge is 0.337 e. The molecule has 1 amide bonds. The minimum atomic E-state index is -0.740. The van der Waals surface area contributed by atoms with Gasteiger partial charge in [-0.3, -0.25) is 9.79 Å². The molecule has 0 bridgehead atoms. The number of nitrogens with one attached hydrogen (secondary N) is 1. The van der Waals surface area contributed by atoms with Gasteiger partial charge in [0.2, 0.25) is 5.91 Å². The normalized spacial score (nSPS) is 11.1. The summed E-state index contributed by atoms with van der Waals surface area (Å²) in [7, 11) is 1.20. The Labute approximate surface area is 134 Å². The number of nitriles is 1. The van der Waals surface area contributed by atoms with Gasteiger partial charge in [-0.25, -0.2) is 9.18 Å². The number of esters is 1. The Morgan fingerprint density at radius 1 is 1.48 bits per heavy atom. The van der Waals surface area contributed by atoms with Crippen LogP contribution in [0.2, 0.25) is 0 Å². The quantitative estimate of drug-likeness (QED) is 0.644. The molecule has 0 aliphatic carbocycles. The van der Waals surface area contributed by atoms with Crippen molar-refractivity contribution in [3.63, 3.8) is 0 Å². The van der Waals surface area contributed by atoms with Gasteiger partial charge in [0.1, 0.15) is 12.4 Å². The summed E-state index contributed by atoms with van der Waals surface area (Å²) in [6.07, 6.45) is 1.92. The summed E-state index contributed by atoms with van der Waals surface area (Å²) in [6.45, 7) is 3.34. The summed E-state index contributed by atoms with van der Waals surface area (Å²) in [5, 5.41) is 11.2. The summed E-state index contributed by atoms with van der Waals surface area (Å²) in [6, 6.07) is 5.73. The van der Waals surface area contributed by atoms with E-state index in [9.17, 15) is 14.0 Å². The highest BCUT2D eigenvalue weighted by atomic mass is 19.1. The molecule has 0 radical (unpaired) electrons. The highest BCUT2D eigenvalue weighted by Gasteiger charge is 2.14. The van der Waals surface area contributed by atoms with Crippen LogP contribution in [0, 0.1) is 22.6 Å². The number of rotatable bonds is 6. The third-order valence-corrected chi connectivity index (χ3v) is 2.93. The summed E-state index contributed by atoms with van der Waals surface area (Å²) >= 11 is 0. The van der Waals surface area contributed by atoms with Gasteiger partial charge in [-0.05, 0) is 32.0 Å². The average Bonchev–Trinajstić information content (AvgIpc) is 2.52. The molecule has 0 aliphatic heterocycles. The SMILES string of the molecule is COC(=O)c1ccc(NC(=O)C/N=C/CC(C)(C)C#N)c(F)c1. The van der Waals surface area contributed by atoms with Gasteiger partial charge in [0.05, 0.1) is 29.8 Å². The highest BCUT2D eigenvalue weighted by Crippen LogP contribution is 2.17. The summed E-state index contributed by atoms with van der Waals surface area (Å²) in [4.78, 5) is 26.9. The Bertz CT molecular complexity index is 663. The van der Waals surface area contributed by atoms with Gasteiger partial charge in [0, 0.05) is 12.6 Å². The first-order valence-electron chi connectivity index (χ1n) is 6.86. The van der Waals surface area contributed by atoms with Crippen LogP contribution in [0.1, 0.15) is 30.6 Å². The van der Waals surface area contributed by atoms with Crippen molar-refractivity contribution in [1.82, 2.24) is 0 Å². The zero-order valence-corrected chi connectivity index (χ0v) is 13.2. The second kappa shape index (κ2) is 8.03. The molecule has 1 aromatic rings. The van der Waals surface area contributed by atoms with Crippen LogP contribution in [0.15, 0.2) is 23.2 Å². The second-order valence-electron chi connectivity index (χ2n) is 5.46. The monoisotopic (exact) mass is 319 g/mol. The van der Waals surface area contributed by atoms with E-state index in [0.717, 1.165) is 6.07 Å². The number of benzene rings is 1. The van der Waals surface area contributed by atoms with E-state index in [0.29, 0.717) is 6.42 Å². The van der Waals surface area contributed by atoms with Gasteiger partial charge in [0.25, 0.3) is 0 Å². The van der Waals surface area contributed by atoms with E-state index in [-0.39, 0.29) is 17.8 Å². The van der Waals surface area contributed by atoms with Crippen LogP contribution in [0.4, 0.5) is 10.1 Å². The molecule has 0 heterocycles. The molecule has 0 fully saturated rings. The maximum Gasteiger partial charge on any atom is 0.337 e. The average molecular weight is 319 g/mol. The Kier molecular flexibility index (Phi) is 6.39. The Morgan fingerprint density at radius 2 is 2.17 bits per heavy atom. The molecule has 0 spiro atoms. The first-order valence-corrected chi connectivity index (χ1v) is 6.86. The van der Waals surface area contributed by atoms with Gasteiger partial charge in [0.15, 0.2) is 0 Å². The molecule has 0 saturated heterocycles. The predicted molar refractivity (Wildman–Crippen MR) is 83.7 cm³/mol. The largest absolute Gasteiger partial charge is 0.465 e. The van der Waals surface area contributed by atoms with Crippen LogP contribution >= 0.6 is 0 Å². The van der Waals surface area contributed by atoms with Gasteiger partial charge in [-0.2, -0.15) is 5.26 Å². The molecule has 1 aromatic carbocycles. The standard InChI is InChI=1S/C16H18FN3O3/c1-16(2,10-18)6-7-19-9-14(21)20-13-5-4-11(8-12(13)17)15(22)23-3/h4-5,7-8H,6,9H2,1-3H3,(H,20,21)/b19-7+. The molecule has 0 aromatic heterocycles. The summed E-state index contributed by atoms with van der Waals surface area (Å²) in [5.41, 5.74) is -0.537. The first kappa shape index (κ1) is 18.3. The number of halogens is 1. The molecular weight excluding hydrogens is 301 g/mol. The number of amides is 1. The van der Waals surface area contributed by atoms with E-state index in [1.807, 2.05) is 0 Å². The lowest BCUT2D eigenvalue weighted by Crippen LogP contribution is -2.16. The minimum absolute atomic E-state index is 0.0461. The molecule has 0 aliphatic rings. The van der Waals surface area contributed by atoms with Crippen molar-refractivity contribution >= 4 is 23.8 Å². The third kappa shape index (κ3) is 5.87. The fourth-order valence-electron chi connectivity index (χ4n) is 1.54. The lowest BCUT2D eigenvalue weighted by molar-refractivity contribution is -0.114. The lowest BCUT2D eigenvalue weighted by atomic mass is 9.92. The van der Waals surface area contributed by atoms with E-state index >= 15 is 0 Å². The zero-order chi connectivity index (χ0) is 17.5. The number of anilines is 1. The van der Waals surface area contributed by atoms with Crippen LogP contribution < -0.4 is 5.32 Å². The Hall–Kier alpha value is -2.75. The fourth-order valence-corrected chi connectivity index (χ4v) is 1.54. The van der Waals surface area contributed by atoms with Crippen LogP contribution in [0.5, 0.6) is 0 Å². The Morgan fingerprint density at radius 3 is 2.74 bits per heavy atom. The lowest BCUT2D eigenvalue weighted by Gasteiger charge is -2.10. The van der Waals surface area contributed by atoms with Crippen LogP contribution in [0.25, 0.3) is 0 Å². The van der Waals surface area contributed by atoms with Gasteiger partial charge < -0.3 is 10.1 Å². The molecule has 0 saturated carbocycles. The van der Waals surface area contributed by atoms with E-state index in [1.165, 1.54) is 25.5 Å². The van der Waals surface area contributed by atoms with Crippen molar-refractivity contribution in [2.75, 3.05) is 19.0 Å². The molecule has 23 heavy (non-hydrogen) atoms. The van der Waals surface area contributed by atoms with Crippen molar-refractivity contribution in [2.24, 2.45) is 10.4 Å². The first-order chi connectivity index (χ1) is 10.8. The van der Waals surface area contributed by atoms with Crippen LogP contribution in [-0.2, 0) is 9.53 Å². The number of aliphatic imine (C=N–C) groups is 1. The van der Waals surface area contributed by atoms with E-state index < -0.39 is 23.1 Å². The van der Waals surface area contributed by atoms with Crippen molar-refractivity contribution in [3.8, 4) is 6.07 Å². The number of methoxy groups -OCH3 is 1. The summed E-state index contributed by atoms with van der Waals surface area (Å²) in [5.74, 6) is -1.90. The molecule has 0 unspecified atom stereocenters. The van der Waals surface area contributed by atoms with Crippen molar-refractivity contribution in [3.05, 3.63) is 29.6 Å². The second-order valence-corrected chi connectivity index (χ2v) is 5.46. The van der Waals surface area contributed by atoms with E-state index in [1.54, 1.807) is 13.8 Å². The molecule has 1 N–H and O–H groups in total. The van der Waals surface area contributed by atoms with Crippen molar-refractivity contribution in [1.29, 1.82) is 5.26 Å².